The smallest absolute Gasteiger partial charge is 0.247 e. The van der Waals surface area contributed by atoms with Gasteiger partial charge in [-0.15, -0.1) is 11.3 Å². The van der Waals surface area contributed by atoms with Gasteiger partial charge in [0.2, 0.25) is 10.0 Å². The number of hydrogen-bond donors (Lipinski definition) is 0. The summed E-state index contributed by atoms with van der Waals surface area (Å²) in [6, 6.07) is -0.391. The average Bonchev–Trinajstić information content (AvgIpc) is 3.03. The molecule has 1 fully saturated rings. The van der Waals surface area contributed by atoms with Gasteiger partial charge in [-0.05, 0) is 20.8 Å². The lowest BCUT2D eigenvalue weighted by atomic mass is 10.2. The van der Waals surface area contributed by atoms with Gasteiger partial charge in [0.1, 0.15) is 4.90 Å². The zero-order valence-corrected chi connectivity index (χ0v) is 15.2. The van der Waals surface area contributed by atoms with Crippen molar-refractivity contribution in [3.8, 4) is 0 Å². The average molecular weight is 356 g/mol. The van der Waals surface area contributed by atoms with Gasteiger partial charge < -0.3 is 4.74 Å². The molecule has 1 atom stereocenters. The summed E-state index contributed by atoms with van der Waals surface area (Å²) in [6.45, 7) is 6.43. The van der Waals surface area contributed by atoms with E-state index in [1.165, 1.54) is 15.6 Å². The number of hydrogen-bond acceptors (Lipinski definition) is 6. The number of rotatable bonds is 3. The van der Waals surface area contributed by atoms with Crippen molar-refractivity contribution in [2.24, 2.45) is 7.05 Å². The Bertz CT molecular complexity index is 825. The molecule has 1 aliphatic heterocycles. The summed E-state index contributed by atoms with van der Waals surface area (Å²) in [5.74, 6) is 0. The van der Waals surface area contributed by atoms with Gasteiger partial charge in [0.25, 0.3) is 0 Å². The van der Waals surface area contributed by atoms with Crippen molar-refractivity contribution in [1.82, 2.24) is 19.1 Å². The lowest BCUT2D eigenvalue weighted by molar-refractivity contribution is 0.0307. The minimum absolute atomic E-state index is 0.291. The second-order valence-electron chi connectivity index (χ2n) is 5.62. The van der Waals surface area contributed by atoms with Crippen molar-refractivity contribution < 1.29 is 13.2 Å². The Labute approximate surface area is 140 Å². The maximum atomic E-state index is 13.2. The molecule has 0 bridgehead atoms. The predicted molar refractivity (Wildman–Crippen MR) is 87.0 cm³/mol. The van der Waals surface area contributed by atoms with E-state index in [1.807, 2.05) is 12.3 Å². The van der Waals surface area contributed by atoms with E-state index in [0.717, 1.165) is 10.7 Å². The van der Waals surface area contributed by atoms with Crippen molar-refractivity contribution in [2.45, 2.75) is 31.7 Å². The largest absolute Gasteiger partial charge is 0.378 e. The summed E-state index contributed by atoms with van der Waals surface area (Å²) in [7, 11) is -1.90. The number of nitrogens with zero attached hydrogens (tertiary/aromatic N) is 4. The molecule has 3 heterocycles. The van der Waals surface area contributed by atoms with Crippen LogP contribution >= 0.6 is 11.3 Å². The highest BCUT2D eigenvalue weighted by Gasteiger charge is 2.38. The summed E-state index contributed by atoms with van der Waals surface area (Å²) in [6.07, 6.45) is 0. The molecule has 0 saturated carbocycles. The lowest BCUT2D eigenvalue weighted by Gasteiger charge is -2.33. The second kappa shape index (κ2) is 5.97. The van der Waals surface area contributed by atoms with Gasteiger partial charge in [-0.3, -0.25) is 4.68 Å². The van der Waals surface area contributed by atoms with Gasteiger partial charge in [-0.2, -0.15) is 9.40 Å². The summed E-state index contributed by atoms with van der Waals surface area (Å²) in [4.78, 5) is 4.74. The van der Waals surface area contributed by atoms with Crippen LogP contribution in [0.1, 0.15) is 28.1 Å². The van der Waals surface area contributed by atoms with Crippen LogP contribution in [0, 0.1) is 20.8 Å². The van der Waals surface area contributed by atoms with Gasteiger partial charge in [0.05, 0.1) is 41.3 Å². The molecule has 0 aromatic carbocycles. The van der Waals surface area contributed by atoms with Crippen LogP contribution in [-0.2, 0) is 21.8 Å². The van der Waals surface area contributed by atoms with E-state index in [9.17, 15) is 8.42 Å². The molecule has 126 valence electrons. The Kier molecular flexibility index (Phi) is 4.30. The third-order valence-electron chi connectivity index (χ3n) is 4.07. The normalized spacial score (nSPS) is 20.1. The fraction of sp³-hybridized carbons (Fsp3) is 0.571. The zero-order chi connectivity index (χ0) is 16.8. The number of aromatic nitrogens is 3. The molecule has 0 radical (unpaired) electrons. The molecule has 2 aromatic heterocycles. The van der Waals surface area contributed by atoms with Crippen LogP contribution in [0.3, 0.4) is 0 Å². The molecular formula is C14H20N4O3S2. The molecule has 0 amide bonds. The maximum absolute atomic E-state index is 13.2. The van der Waals surface area contributed by atoms with Gasteiger partial charge >= 0.3 is 0 Å². The minimum atomic E-state index is -3.66. The van der Waals surface area contributed by atoms with Crippen molar-refractivity contribution in [3.63, 3.8) is 0 Å². The molecule has 7 nitrogen and oxygen atoms in total. The first-order valence-corrected chi connectivity index (χ1v) is 9.66. The lowest BCUT2D eigenvalue weighted by Crippen LogP contribution is -2.43. The molecule has 2 aromatic rings. The van der Waals surface area contributed by atoms with E-state index in [2.05, 4.69) is 10.1 Å². The molecule has 23 heavy (non-hydrogen) atoms. The number of ether oxygens (including phenoxy) is 1. The predicted octanol–water partition coefficient (Wildman–Crippen LogP) is 1.56. The molecule has 1 aliphatic rings. The first-order chi connectivity index (χ1) is 10.8. The van der Waals surface area contributed by atoms with E-state index < -0.39 is 16.1 Å². The highest BCUT2D eigenvalue weighted by atomic mass is 32.2. The van der Waals surface area contributed by atoms with E-state index in [-0.39, 0.29) is 0 Å². The third-order valence-corrected chi connectivity index (χ3v) is 7.02. The Hall–Kier alpha value is -1.29. The van der Waals surface area contributed by atoms with E-state index in [0.29, 0.717) is 36.0 Å². The number of aryl methyl sites for hydroxylation is 3. The molecule has 0 spiro atoms. The van der Waals surface area contributed by atoms with Gasteiger partial charge in [0.15, 0.2) is 0 Å². The summed E-state index contributed by atoms with van der Waals surface area (Å²) < 4.78 is 35.1. The molecular weight excluding hydrogens is 336 g/mol. The van der Waals surface area contributed by atoms with Crippen LogP contribution in [0.2, 0.25) is 0 Å². The summed E-state index contributed by atoms with van der Waals surface area (Å²) in [5.41, 5.74) is 1.90. The fourth-order valence-corrected chi connectivity index (χ4v) is 5.52. The van der Waals surface area contributed by atoms with Crippen LogP contribution in [0.5, 0.6) is 0 Å². The zero-order valence-electron chi connectivity index (χ0n) is 13.6. The van der Waals surface area contributed by atoms with Crippen molar-refractivity contribution in [2.75, 3.05) is 19.8 Å². The maximum Gasteiger partial charge on any atom is 0.247 e. The summed E-state index contributed by atoms with van der Waals surface area (Å²) >= 11 is 1.51. The molecule has 3 rings (SSSR count). The van der Waals surface area contributed by atoms with E-state index in [1.54, 1.807) is 25.6 Å². The van der Waals surface area contributed by atoms with Gasteiger partial charge in [0, 0.05) is 19.0 Å². The van der Waals surface area contributed by atoms with Gasteiger partial charge in [-0.1, -0.05) is 0 Å². The van der Waals surface area contributed by atoms with E-state index in [4.69, 9.17) is 4.74 Å². The van der Waals surface area contributed by atoms with E-state index >= 15 is 0 Å². The Morgan fingerprint density at radius 3 is 2.65 bits per heavy atom. The Balaban J connectivity index is 2.06. The number of thiazole rings is 1. The van der Waals surface area contributed by atoms with Crippen LogP contribution < -0.4 is 0 Å². The minimum Gasteiger partial charge on any atom is -0.378 e. The summed E-state index contributed by atoms with van der Waals surface area (Å²) in [5, 5.41) is 7.06. The van der Waals surface area contributed by atoms with Gasteiger partial charge in [-0.25, -0.2) is 13.4 Å². The first-order valence-electron chi connectivity index (χ1n) is 7.34. The Morgan fingerprint density at radius 1 is 1.35 bits per heavy atom. The standard InChI is InChI=1S/C14H20N4O3S2/c1-9-14(10(2)17(4)16-9)23(19,20)18-5-6-21-7-13(18)12-8-22-11(3)15-12/h8,13H,5-7H2,1-4H3. The quantitative estimate of drug-likeness (QED) is 0.834. The number of sulfonamides is 1. The molecule has 1 saturated heterocycles. The topological polar surface area (TPSA) is 77.3 Å². The number of morpholine rings is 1. The third kappa shape index (κ3) is 2.82. The Morgan fingerprint density at radius 2 is 2.09 bits per heavy atom. The molecule has 0 N–H and O–H groups in total. The van der Waals surface area contributed by atoms with Crippen LogP contribution in [-0.4, -0.2) is 47.2 Å². The molecule has 9 heteroatoms. The van der Waals surface area contributed by atoms with Crippen molar-refractivity contribution >= 4 is 21.4 Å². The van der Waals surface area contributed by atoms with Crippen LogP contribution in [0.15, 0.2) is 10.3 Å². The highest BCUT2D eigenvalue weighted by Crippen LogP contribution is 2.32. The second-order valence-corrected chi connectivity index (χ2v) is 8.51. The van der Waals surface area contributed by atoms with Crippen LogP contribution in [0.25, 0.3) is 0 Å². The monoisotopic (exact) mass is 356 g/mol. The van der Waals surface area contributed by atoms with Crippen molar-refractivity contribution in [3.05, 3.63) is 27.5 Å². The van der Waals surface area contributed by atoms with Crippen LogP contribution in [0.4, 0.5) is 0 Å². The fourth-order valence-electron chi connectivity index (χ4n) is 2.89. The molecule has 1 unspecified atom stereocenters. The SMILES string of the molecule is Cc1nc(C2COCCN2S(=O)(=O)c2c(C)nn(C)c2C)cs1. The highest BCUT2D eigenvalue weighted by molar-refractivity contribution is 7.89. The first kappa shape index (κ1) is 16.6. The molecule has 0 aliphatic carbocycles. The van der Waals surface area contributed by atoms with Crippen molar-refractivity contribution in [1.29, 1.82) is 0 Å².